The third-order valence-electron chi connectivity index (χ3n) is 3.22. The van der Waals surface area contributed by atoms with Crippen molar-refractivity contribution >= 4 is 39.3 Å². The van der Waals surface area contributed by atoms with E-state index in [1.807, 2.05) is 30.3 Å². The number of nitrogen functional groups attached to an aromatic ring is 1. The van der Waals surface area contributed by atoms with Crippen molar-refractivity contribution < 1.29 is 14.0 Å². The molecule has 0 bridgehead atoms. The van der Waals surface area contributed by atoms with E-state index in [9.17, 15) is 4.79 Å². The van der Waals surface area contributed by atoms with Gasteiger partial charge in [-0.2, -0.15) is 0 Å². The summed E-state index contributed by atoms with van der Waals surface area (Å²) in [6.07, 6.45) is 0. The molecular formula is C16H14N2O3. The van der Waals surface area contributed by atoms with Crippen LogP contribution >= 0.6 is 0 Å². The monoisotopic (exact) mass is 282 g/mol. The Labute approximate surface area is 121 Å². The van der Waals surface area contributed by atoms with E-state index in [4.69, 9.17) is 10.2 Å². The van der Waals surface area contributed by atoms with Crippen LogP contribution in [0.4, 0.5) is 5.69 Å². The molecule has 0 aliphatic rings. The Bertz CT molecular complexity index is 878. The number of oxime groups is 1. The van der Waals surface area contributed by atoms with Gasteiger partial charge in [-0.05, 0) is 48.9 Å². The van der Waals surface area contributed by atoms with Crippen LogP contribution < -0.4 is 5.73 Å². The minimum Gasteiger partial charge on any atom is -0.456 e. The van der Waals surface area contributed by atoms with Crippen LogP contribution in [0.25, 0.3) is 21.9 Å². The first-order valence-electron chi connectivity index (χ1n) is 6.49. The highest BCUT2D eigenvalue weighted by atomic mass is 16.7. The second-order valence-corrected chi connectivity index (χ2v) is 4.83. The minimum atomic E-state index is -0.447. The lowest BCUT2D eigenvalue weighted by molar-refractivity contribution is -0.140. The molecule has 2 N–H and O–H groups in total. The largest absolute Gasteiger partial charge is 0.456 e. The van der Waals surface area contributed by atoms with Gasteiger partial charge in [-0.25, -0.2) is 4.79 Å². The van der Waals surface area contributed by atoms with E-state index in [2.05, 4.69) is 9.99 Å². The summed E-state index contributed by atoms with van der Waals surface area (Å²) < 4.78 is 5.76. The van der Waals surface area contributed by atoms with Crippen molar-refractivity contribution in [3.8, 4) is 0 Å². The summed E-state index contributed by atoms with van der Waals surface area (Å²) in [4.78, 5) is 15.5. The number of furan rings is 1. The van der Waals surface area contributed by atoms with Crippen molar-refractivity contribution in [3.05, 3.63) is 42.0 Å². The molecule has 0 unspecified atom stereocenters. The van der Waals surface area contributed by atoms with Gasteiger partial charge in [-0.15, -0.1) is 0 Å². The first kappa shape index (κ1) is 13.2. The lowest BCUT2D eigenvalue weighted by Gasteiger charge is -2.00. The zero-order chi connectivity index (χ0) is 15.0. The van der Waals surface area contributed by atoms with E-state index in [1.165, 1.54) is 6.92 Å². The van der Waals surface area contributed by atoms with Crippen LogP contribution in [0.15, 0.2) is 46.0 Å². The summed E-state index contributed by atoms with van der Waals surface area (Å²) in [7, 11) is 0. The average Bonchev–Trinajstić information content (AvgIpc) is 2.81. The highest BCUT2D eigenvalue weighted by Gasteiger charge is 2.09. The molecule has 0 fully saturated rings. The normalized spacial score (nSPS) is 12.0. The molecule has 3 aromatic rings. The number of rotatable bonds is 2. The highest BCUT2D eigenvalue weighted by Crippen LogP contribution is 2.30. The van der Waals surface area contributed by atoms with Gasteiger partial charge in [0, 0.05) is 23.4 Å². The number of hydrogen-bond acceptors (Lipinski definition) is 5. The summed E-state index contributed by atoms with van der Waals surface area (Å²) in [5.41, 5.74) is 9.54. The van der Waals surface area contributed by atoms with Crippen LogP contribution in [0, 0.1) is 0 Å². The molecule has 0 aliphatic carbocycles. The van der Waals surface area contributed by atoms with Crippen LogP contribution in [0.5, 0.6) is 0 Å². The second-order valence-electron chi connectivity index (χ2n) is 4.83. The third kappa shape index (κ3) is 2.45. The number of carbonyl (C=O) groups excluding carboxylic acids is 1. The van der Waals surface area contributed by atoms with Gasteiger partial charge in [0.1, 0.15) is 11.2 Å². The Morgan fingerprint density at radius 2 is 1.76 bits per heavy atom. The molecule has 1 aromatic heterocycles. The fourth-order valence-electron chi connectivity index (χ4n) is 2.21. The lowest BCUT2D eigenvalue weighted by Crippen LogP contribution is -1.99. The summed E-state index contributed by atoms with van der Waals surface area (Å²) in [5, 5.41) is 5.70. The van der Waals surface area contributed by atoms with Gasteiger partial charge in [0.05, 0.1) is 5.71 Å². The van der Waals surface area contributed by atoms with Crippen LogP contribution in [0.1, 0.15) is 19.4 Å². The van der Waals surface area contributed by atoms with Crippen molar-refractivity contribution in [3.63, 3.8) is 0 Å². The van der Waals surface area contributed by atoms with Crippen molar-refractivity contribution in [2.24, 2.45) is 5.16 Å². The maximum Gasteiger partial charge on any atom is 0.331 e. The number of fused-ring (bicyclic) bond motifs is 3. The Morgan fingerprint density at radius 1 is 1.10 bits per heavy atom. The number of nitrogens with two attached hydrogens (primary N) is 1. The summed E-state index contributed by atoms with van der Waals surface area (Å²) in [6, 6.07) is 11.2. The SMILES string of the molecule is CC(=O)O/N=C(\C)c1ccc2oc3ccc(N)cc3c2c1. The predicted octanol–water partition coefficient (Wildman–Crippen LogP) is 3.46. The topological polar surface area (TPSA) is 77.8 Å². The van der Waals surface area contributed by atoms with Crippen molar-refractivity contribution in [1.29, 1.82) is 0 Å². The lowest BCUT2D eigenvalue weighted by atomic mass is 10.1. The van der Waals surface area contributed by atoms with Crippen LogP contribution in [0.2, 0.25) is 0 Å². The van der Waals surface area contributed by atoms with Crippen molar-refractivity contribution in [2.75, 3.05) is 5.73 Å². The smallest absolute Gasteiger partial charge is 0.331 e. The zero-order valence-electron chi connectivity index (χ0n) is 11.7. The Hall–Kier alpha value is -2.82. The summed E-state index contributed by atoms with van der Waals surface area (Å²) >= 11 is 0. The van der Waals surface area contributed by atoms with Crippen molar-refractivity contribution in [2.45, 2.75) is 13.8 Å². The number of nitrogens with zero attached hydrogens (tertiary/aromatic N) is 1. The molecule has 0 atom stereocenters. The van der Waals surface area contributed by atoms with Gasteiger partial charge in [0.25, 0.3) is 0 Å². The molecule has 21 heavy (non-hydrogen) atoms. The predicted molar refractivity (Wildman–Crippen MR) is 82.1 cm³/mol. The van der Waals surface area contributed by atoms with E-state index in [0.29, 0.717) is 11.4 Å². The van der Waals surface area contributed by atoms with E-state index in [0.717, 1.165) is 27.5 Å². The molecule has 5 heteroatoms. The molecule has 0 saturated heterocycles. The van der Waals surface area contributed by atoms with E-state index >= 15 is 0 Å². The number of carbonyl (C=O) groups is 1. The molecule has 0 aliphatic heterocycles. The number of hydrogen-bond donors (Lipinski definition) is 1. The van der Waals surface area contributed by atoms with E-state index in [1.54, 1.807) is 13.0 Å². The molecule has 0 radical (unpaired) electrons. The maximum atomic E-state index is 10.8. The highest BCUT2D eigenvalue weighted by molar-refractivity contribution is 6.09. The second kappa shape index (κ2) is 4.94. The molecule has 3 rings (SSSR count). The first-order valence-corrected chi connectivity index (χ1v) is 6.49. The first-order chi connectivity index (χ1) is 10.0. The van der Waals surface area contributed by atoms with Gasteiger partial charge in [0.2, 0.25) is 0 Å². The maximum absolute atomic E-state index is 10.8. The molecule has 0 spiro atoms. The van der Waals surface area contributed by atoms with Crippen LogP contribution in [-0.2, 0) is 9.63 Å². The van der Waals surface area contributed by atoms with Gasteiger partial charge in [0.15, 0.2) is 0 Å². The molecule has 5 nitrogen and oxygen atoms in total. The average molecular weight is 282 g/mol. The summed E-state index contributed by atoms with van der Waals surface area (Å²) in [6.45, 7) is 3.09. The molecular weight excluding hydrogens is 268 g/mol. The van der Waals surface area contributed by atoms with Crippen LogP contribution in [-0.4, -0.2) is 11.7 Å². The number of benzene rings is 2. The minimum absolute atomic E-state index is 0.447. The van der Waals surface area contributed by atoms with Crippen LogP contribution in [0.3, 0.4) is 0 Å². The fraction of sp³-hybridized carbons (Fsp3) is 0.125. The van der Waals surface area contributed by atoms with E-state index in [-0.39, 0.29) is 0 Å². The molecule has 2 aromatic carbocycles. The molecule has 0 amide bonds. The molecule has 1 heterocycles. The summed E-state index contributed by atoms with van der Waals surface area (Å²) in [5.74, 6) is -0.447. The quantitative estimate of drug-likeness (QED) is 0.338. The molecule has 106 valence electrons. The van der Waals surface area contributed by atoms with E-state index < -0.39 is 5.97 Å². The number of anilines is 1. The third-order valence-corrected chi connectivity index (χ3v) is 3.22. The van der Waals surface area contributed by atoms with Gasteiger partial charge in [-0.3, -0.25) is 0 Å². The van der Waals surface area contributed by atoms with Gasteiger partial charge < -0.3 is 15.0 Å². The zero-order valence-corrected chi connectivity index (χ0v) is 11.7. The Morgan fingerprint density at radius 3 is 2.48 bits per heavy atom. The Balaban J connectivity index is 2.14. The van der Waals surface area contributed by atoms with Gasteiger partial charge >= 0.3 is 5.97 Å². The van der Waals surface area contributed by atoms with Gasteiger partial charge in [-0.1, -0.05) is 5.16 Å². The molecule has 0 saturated carbocycles. The van der Waals surface area contributed by atoms with Crippen molar-refractivity contribution in [1.82, 2.24) is 0 Å². The Kier molecular flexibility index (Phi) is 3.10. The fourth-order valence-corrected chi connectivity index (χ4v) is 2.21. The standard InChI is InChI=1S/C16H14N2O3/c1-9(18-21-10(2)19)11-3-5-15-13(7-11)14-8-12(17)4-6-16(14)20-15/h3-8H,17H2,1-2H3/b18-9+.